The predicted molar refractivity (Wildman–Crippen MR) is 82.3 cm³/mol. The van der Waals surface area contributed by atoms with Gasteiger partial charge in [-0.15, -0.1) is 0 Å². The molecule has 1 heterocycles. The van der Waals surface area contributed by atoms with Gasteiger partial charge < -0.3 is 10.1 Å². The first kappa shape index (κ1) is 14.8. The van der Waals surface area contributed by atoms with Crippen molar-refractivity contribution in [2.45, 2.75) is 27.0 Å². The van der Waals surface area contributed by atoms with E-state index in [-0.39, 0.29) is 0 Å². The molecule has 0 saturated heterocycles. The van der Waals surface area contributed by atoms with Crippen LogP contribution in [-0.2, 0) is 13.2 Å². The molecule has 0 spiro atoms. The van der Waals surface area contributed by atoms with Gasteiger partial charge in [-0.05, 0) is 56.3 Å². The van der Waals surface area contributed by atoms with Crippen molar-refractivity contribution in [1.82, 2.24) is 10.3 Å². The molecule has 0 saturated carbocycles. The van der Waals surface area contributed by atoms with E-state index in [9.17, 15) is 0 Å². The third-order valence-electron chi connectivity index (χ3n) is 3.01. The van der Waals surface area contributed by atoms with E-state index >= 15 is 0 Å². The van der Waals surface area contributed by atoms with Crippen molar-refractivity contribution in [3.05, 3.63) is 57.9 Å². The highest BCUT2D eigenvalue weighted by Crippen LogP contribution is 2.27. The summed E-state index contributed by atoms with van der Waals surface area (Å²) in [5.41, 5.74) is 4.02. The van der Waals surface area contributed by atoms with E-state index in [0.717, 1.165) is 39.8 Å². The standard InChI is InChI=1S/C16H19ClN2O/c1-11-7-13(17)8-12(2)16(11)20-10-15-6-4-5-14(19-15)9-18-3/h4-8,18H,9-10H2,1-3H3. The second-order valence-corrected chi connectivity index (χ2v) is 5.24. The second kappa shape index (κ2) is 6.73. The lowest BCUT2D eigenvalue weighted by Gasteiger charge is -2.12. The minimum absolute atomic E-state index is 0.459. The molecule has 0 amide bonds. The van der Waals surface area contributed by atoms with Crippen LogP contribution in [-0.4, -0.2) is 12.0 Å². The Labute approximate surface area is 124 Å². The maximum Gasteiger partial charge on any atom is 0.130 e. The number of nitrogens with zero attached hydrogens (tertiary/aromatic N) is 1. The summed E-state index contributed by atoms with van der Waals surface area (Å²) in [5, 5.41) is 3.83. The van der Waals surface area contributed by atoms with Crippen LogP contribution < -0.4 is 10.1 Å². The van der Waals surface area contributed by atoms with Crippen molar-refractivity contribution in [2.75, 3.05) is 7.05 Å². The number of hydrogen-bond donors (Lipinski definition) is 1. The average Bonchev–Trinajstić information content (AvgIpc) is 2.38. The molecule has 1 aromatic carbocycles. The van der Waals surface area contributed by atoms with Gasteiger partial charge in [0.05, 0.1) is 11.4 Å². The quantitative estimate of drug-likeness (QED) is 0.913. The van der Waals surface area contributed by atoms with Crippen LogP contribution in [0.2, 0.25) is 5.02 Å². The van der Waals surface area contributed by atoms with Gasteiger partial charge in [0.2, 0.25) is 0 Å². The average molecular weight is 291 g/mol. The lowest BCUT2D eigenvalue weighted by molar-refractivity contribution is 0.297. The monoisotopic (exact) mass is 290 g/mol. The number of hydrogen-bond acceptors (Lipinski definition) is 3. The lowest BCUT2D eigenvalue weighted by atomic mass is 10.1. The molecule has 4 heteroatoms. The normalized spacial score (nSPS) is 10.6. The van der Waals surface area contributed by atoms with Gasteiger partial charge in [-0.2, -0.15) is 0 Å². The van der Waals surface area contributed by atoms with Gasteiger partial charge >= 0.3 is 0 Å². The minimum Gasteiger partial charge on any atom is -0.487 e. The van der Waals surface area contributed by atoms with E-state index in [2.05, 4.69) is 10.3 Å². The lowest BCUT2D eigenvalue weighted by Crippen LogP contribution is -2.09. The molecule has 0 radical (unpaired) electrons. The SMILES string of the molecule is CNCc1cccc(COc2c(C)cc(Cl)cc2C)n1. The van der Waals surface area contributed by atoms with Gasteiger partial charge in [0.1, 0.15) is 12.4 Å². The summed E-state index contributed by atoms with van der Waals surface area (Å²) >= 11 is 6.02. The van der Waals surface area contributed by atoms with Gasteiger partial charge in [0, 0.05) is 11.6 Å². The summed E-state index contributed by atoms with van der Waals surface area (Å²) in [7, 11) is 1.91. The largest absolute Gasteiger partial charge is 0.487 e. The molecule has 0 bridgehead atoms. The van der Waals surface area contributed by atoms with E-state index in [4.69, 9.17) is 16.3 Å². The maximum atomic E-state index is 6.02. The van der Waals surface area contributed by atoms with Crippen molar-refractivity contribution in [2.24, 2.45) is 0 Å². The Morgan fingerprint density at radius 2 is 1.80 bits per heavy atom. The molecule has 0 fully saturated rings. The van der Waals surface area contributed by atoms with Crippen molar-refractivity contribution >= 4 is 11.6 Å². The third kappa shape index (κ3) is 3.71. The summed E-state index contributed by atoms with van der Waals surface area (Å²) < 4.78 is 5.90. The molecule has 1 N–H and O–H groups in total. The summed E-state index contributed by atoms with van der Waals surface area (Å²) in [5.74, 6) is 0.884. The van der Waals surface area contributed by atoms with Crippen molar-refractivity contribution in [3.63, 3.8) is 0 Å². The van der Waals surface area contributed by atoms with Crippen molar-refractivity contribution in [1.29, 1.82) is 0 Å². The number of halogens is 1. The molecule has 20 heavy (non-hydrogen) atoms. The van der Waals surface area contributed by atoms with Gasteiger partial charge in [-0.1, -0.05) is 17.7 Å². The molecule has 2 rings (SSSR count). The fourth-order valence-electron chi connectivity index (χ4n) is 2.16. The van der Waals surface area contributed by atoms with Gasteiger partial charge in [-0.3, -0.25) is 4.98 Å². The smallest absolute Gasteiger partial charge is 0.130 e. The van der Waals surface area contributed by atoms with Gasteiger partial charge in [-0.25, -0.2) is 0 Å². The Balaban J connectivity index is 2.11. The Morgan fingerprint density at radius 3 is 2.45 bits per heavy atom. The molecule has 0 aliphatic carbocycles. The molecular formula is C16H19ClN2O. The number of aryl methyl sites for hydroxylation is 2. The zero-order valence-corrected chi connectivity index (χ0v) is 12.8. The van der Waals surface area contributed by atoms with E-state index < -0.39 is 0 Å². The molecular weight excluding hydrogens is 272 g/mol. The molecule has 2 aromatic rings. The van der Waals surface area contributed by atoms with Crippen molar-refractivity contribution in [3.8, 4) is 5.75 Å². The molecule has 0 atom stereocenters. The molecule has 106 valence electrons. The molecule has 1 aromatic heterocycles. The van der Waals surface area contributed by atoms with Gasteiger partial charge in [0.25, 0.3) is 0 Å². The highest BCUT2D eigenvalue weighted by Gasteiger charge is 2.07. The Kier molecular flexibility index (Phi) is 4.99. The second-order valence-electron chi connectivity index (χ2n) is 4.81. The van der Waals surface area contributed by atoms with Crippen molar-refractivity contribution < 1.29 is 4.74 Å². The van der Waals surface area contributed by atoms with E-state index in [0.29, 0.717) is 6.61 Å². The highest BCUT2D eigenvalue weighted by atomic mass is 35.5. The van der Waals surface area contributed by atoms with E-state index in [1.165, 1.54) is 0 Å². The van der Waals surface area contributed by atoms with Crippen LogP contribution in [0.4, 0.5) is 0 Å². The van der Waals surface area contributed by atoms with Crippen LogP contribution in [0.15, 0.2) is 30.3 Å². The number of aromatic nitrogens is 1. The molecule has 0 aliphatic heterocycles. The molecule has 0 unspecified atom stereocenters. The predicted octanol–water partition coefficient (Wildman–Crippen LogP) is 3.65. The van der Waals surface area contributed by atoms with E-state index in [1.807, 2.05) is 51.2 Å². The van der Waals surface area contributed by atoms with Crippen LogP contribution in [0.5, 0.6) is 5.75 Å². The molecule has 0 aliphatic rings. The summed E-state index contributed by atoms with van der Waals surface area (Å²) in [6.45, 7) is 5.21. The third-order valence-corrected chi connectivity index (χ3v) is 3.23. The van der Waals surface area contributed by atoms with Crippen LogP contribution in [0, 0.1) is 13.8 Å². The van der Waals surface area contributed by atoms with Crippen LogP contribution in [0.25, 0.3) is 0 Å². The summed E-state index contributed by atoms with van der Waals surface area (Å²) in [6, 6.07) is 9.79. The first-order valence-corrected chi connectivity index (χ1v) is 6.97. The first-order chi connectivity index (χ1) is 9.60. The zero-order valence-electron chi connectivity index (χ0n) is 12.0. The van der Waals surface area contributed by atoms with Gasteiger partial charge in [0.15, 0.2) is 0 Å². The fraction of sp³-hybridized carbons (Fsp3) is 0.312. The first-order valence-electron chi connectivity index (χ1n) is 6.59. The molecule has 3 nitrogen and oxygen atoms in total. The number of nitrogens with one attached hydrogen (secondary N) is 1. The van der Waals surface area contributed by atoms with Crippen LogP contribution in [0.3, 0.4) is 0 Å². The highest BCUT2D eigenvalue weighted by molar-refractivity contribution is 6.30. The van der Waals surface area contributed by atoms with Crippen LogP contribution in [0.1, 0.15) is 22.5 Å². The minimum atomic E-state index is 0.459. The number of pyridine rings is 1. The Bertz CT molecular complexity index is 576. The zero-order chi connectivity index (χ0) is 14.5. The van der Waals surface area contributed by atoms with E-state index in [1.54, 1.807) is 0 Å². The summed E-state index contributed by atoms with van der Waals surface area (Å²) in [6.07, 6.45) is 0. The fourth-order valence-corrected chi connectivity index (χ4v) is 2.49. The summed E-state index contributed by atoms with van der Waals surface area (Å²) in [4.78, 5) is 4.54. The van der Waals surface area contributed by atoms with Crippen LogP contribution >= 0.6 is 11.6 Å². The number of benzene rings is 1. The topological polar surface area (TPSA) is 34.1 Å². The number of ether oxygens (including phenoxy) is 1. The Hall–Kier alpha value is -1.58. The maximum absolute atomic E-state index is 6.02. The number of rotatable bonds is 5. The Morgan fingerprint density at radius 1 is 1.15 bits per heavy atom.